The topological polar surface area (TPSA) is 79.5 Å². The summed E-state index contributed by atoms with van der Waals surface area (Å²) in [5.74, 6) is 1.50. The molecule has 0 amide bonds. The molecule has 0 aliphatic carbocycles. The molecule has 1 aliphatic rings. The fourth-order valence-electron chi connectivity index (χ4n) is 3.06. The van der Waals surface area contributed by atoms with Crippen molar-refractivity contribution in [1.29, 1.82) is 0 Å². The molecule has 2 heterocycles. The molecule has 0 N–H and O–H groups in total. The number of nitrogens with zero attached hydrogens (tertiary/aromatic N) is 1. The highest BCUT2D eigenvalue weighted by molar-refractivity contribution is 6.36. The van der Waals surface area contributed by atoms with Gasteiger partial charge in [-0.15, -0.1) is 0 Å². The Balaban J connectivity index is 1.45. The number of para-hydroxylation sites is 2. The summed E-state index contributed by atoms with van der Waals surface area (Å²) in [6.07, 6.45) is 3.56. The number of ether oxygens (including phenoxy) is 4. The summed E-state index contributed by atoms with van der Waals surface area (Å²) in [5, 5.41) is 0.696. The molecule has 0 unspecified atom stereocenters. The normalized spacial score (nSPS) is 14.2. The Morgan fingerprint density at radius 1 is 1.03 bits per heavy atom. The van der Waals surface area contributed by atoms with Gasteiger partial charge in [0.1, 0.15) is 5.75 Å². The van der Waals surface area contributed by atoms with Crippen molar-refractivity contribution < 1.29 is 28.2 Å². The lowest BCUT2D eigenvalue weighted by molar-refractivity contribution is -0.130. The van der Waals surface area contributed by atoms with Gasteiger partial charge in [-0.3, -0.25) is 0 Å². The molecule has 4 rings (SSSR count). The number of cyclic esters (lactones) is 1. The second kappa shape index (κ2) is 10.5. The zero-order chi connectivity index (χ0) is 23.2. The number of hydrogen-bond acceptors (Lipinski definition) is 7. The summed E-state index contributed by atoms with van der Waals surface area (Å²) in [4.78, 5) is 16.5. The average Bonchev–Trinajstić information content (AvgIpc) is 3.45. The zero-order valence-electron chi connectivity index (χ0n) is 17.5. The molecule has 0 bridgehead atoms. The van der Waals surface area contributed by atoms with Gasteiger partial charge in [0, 0.05) is 17.0 Å². The van der Waals surface area contributed by atoms with E-state index in [4.69, 9.17) is 46.6 Å². The Labute approximate surface area is 200 Å². The SMILES string of the molecule is COc1ccccc1OCCCOc1c(Cl)cc(Cl)cc1/C=C1/N=C(c2ccco2)OC1=O. The van der Waals surface area contributed by atoms with Gasteiger partial charge in [0.25, 0.3) is 5.90 Å². The van der Waals surface area contributed by atoms with Gasteiger partial charge in [0.15, 0.2) is 23.0 Å². The van der Waals surface area contributed by atoms with Crippen LogP contribution in [0, 0.1) is 0 Å². The van der Waals surface area contributed by atoms with Gasteiger partial charge in [0.05, 0.1) is 31.6 Å². The van der Waals surface area contributed by atoms with Crippen LogP contribution >= 0.6 is 23.2 Å². The van der Waals surface area contributed by atoms with Crippen molar-refractivity contribution in [3.05, 3.63) is 81.9 Å². The maximum absolute atomic E-state index is 12.3. The van der Waals surface area contributed by atoms with Crippen LogP contribution < -0.4 is 14.2 Å². The van der Waals surface area contributed by atoms with Crippen LogP contribution in [0.15, 0.2) is 69.9 Å². The Hall–Kier alpha value is -3.42. The number of carbonyl (C=O) groups excluding carboxylic acids is 1. The van der Waals surface area contributed by atoms with Crippen molar-refractivity contribution in [2.24, 2.45) is 4.99 Å². The minimum Gasteiger partial charge on any atom is -0.493 e. The lowest BCUT2D eigenvalue weighted by Gasteiger charge is -2.13. The van der Waals surface area contributed by atoms with Crippen LogP contribution in [0.3, 0.4) is 0 Å². The number of rotatable bonds is 9. The van der Waals surface area contributed by atoms with Gasteiger partial charge >= 0.3 is 5.97 Å². The second-order valence-corrected chi connectivity index (χ2v) is 7.66. The van der Waals surface area contributed by atoms with Crippen molar-refractivity contribution >= 4 is 41.1 Å². The number of halogens is 2. The number of carbonyl (C=O) groups is 1. The number of esters is 1. The third-order valence-electron chi connectivity index (χ3n) is 4.54. The van der Waals surface area contributed by atoms with Crippen LogP contribution in [0.5, 0.6) is 17.2 Å². The molecule has 0 fully saturated rings. The molecule has 0 spiro atoms. The van der Waals surface area contributed by atoms with E-state index >= 15 is 0 Å². The summed E-state index contributed by atoms with van der Waals surface area (Å²) in [6.45, 7) is 0.725. The molecule has 3 aromatic rings. The van der Waals surface area contributed by atoms with Crippen LogP contribution in [0.4, 0.5) is 0 Å². The van der Waals surface area contributed by atoms with Crippen LogP contribution in [-0.4, -0.2) is 32.2 Å². The minimum absolute atomic E-state index is 0.0732. The largest absolute Gasteiger partial charge is 0.493 e. The molecule has 0 saturated heterocycles. The number of furan rings is 1. The number of methoxy groups -OCH3 is 1. The molecule has 2 aromatic carbocycles. The molecular weight excluding hydrogens is 469 g/mol. The molecule has 1 aromatic heterocycles. The molecule has 170 valence electrons. The molecule has 0 saturated carbocycles. The predicted molar refractivity (Wildman–Crippen MR) is 124 cm³/mol. The summed E-state index contributed by atoms with van der Waals surface area (Å²) in [7, 11) is 1.59. The van der Waals surface area contributed by atoms with Crippen molar-refractivity contribution in [3.8, 4) is 17.2 Å². The van der Waals surface area contributed by atoms with Gasteiger partial charge in [0.2, 0.25) is 0 Å². The Morgan fingerprint density at radius 2 is 1.82 bits per heavy atom. The molecule has 1 aliphatic heterocycles. The van der Waals surface area contributed by atoms with Crippen molar-refractivity contribution in [2.75, 3.05) is 20.3 Å². The fraction of sp³-hybridized carbons (Fsp3) is 0.167. The van der Waals surface area contributed by atoms with Crippen LogP contribution in [0.25, 0.3) is 6.08 Å². The van der Waals surface area contributed by atoms with E-state index < -0.39 is 5.97 Å². The summed E-state index contributed by atoms with van der Waals surface area (Å²) < 4.78 is 27.3. The maximum Gasteiger partial charge on any atom is 0.363 e. The first kappa shape index (κ1) is 22.8. The highest BCUT2D eigenvalue weighted by Crippen LogP contribution is 2.35. The number of aliphatic imine (C=N–C) groups is 1. The van der Waals surface area contributed by atoms with Crippen LogP contribution in [0.2, 0.25) is 10.0 Å². The quantitative estimate of drug-likeness (QED) is 0.216. The van der Waals surface area contributed by atoms with Gasteiger partial charge in [-0.25, -0.2) is 9.79 Å². The lowest BCUT2D eigenvalue weighted by Crippen LogP contribution is -2.07. The zero-order valence-corrected chi connectivity index (χ0v) is 19.1. The Morgan fingerprint density at radius 3 is 2.58 bits per heavy atom. The van der Waals surface area contributed by atoms with E-state index in [-0.39, 0.29) is 11.6 Å². The van der Waals surface area contributed by atoms with E-state index in [1.54, 1.807) is 31.4 Å². The van der Waals surface area contributed by atoms with E-state index in [1.165, 1.54) is 12.3 Å². The van der Waals surface area contributed by atoms with E-state index in [0.29, 0.717) is 58.3 Å². The standard InChI is InChI=1S/C24H19Cl2NO6/c1-29-19-6-2-3-7-20(19)30-10-5-11-32-22-15(12-16(25)14-17(22)26)13-18-24(28)33-23(27-18)21-8-4-9-31-21/h2-4,6-9,12-14H,5,10-11H2,1H3/b18-13+. The first-order valence-corrected chi connectivity index (χ1v) is 10.7. The van der Waals surface area contributed by atoms with Crippen LogP contribution in [0.1, 0.15) is 17.7 Å². The monoisotopic (exact) mass is 487 g/mol. The first-order valence-electron chi connectivity index (χ1n) is 9.99. The third kappa shape index (κ3) is 5.50. The lowest BCUT2D eigenvalue weighted by atomic mass is 10.1. The van der Waals surface area contributed by atoms with E-state index in [1.807, 2.05) is 24.3 Å². The summed E-state index contributed by atoms with van der Waals surface area (Å²) in [6, 6.07) is 13.9. The predicted octanol–water partition coefficient (Wildman–Crippen LogP) is 5.79. The highest BCUT2D eigenvalue weighted by atomic mass is 35.5. The molecule has 0 radical (unpaired) electrons. The minimum atomic E-state index is -0.617. The maximum atomic E-state index is 12.3. The fourth-order valence-corrected chi connectivity index (χ4v) is 3.62. The van der Waals surface area contributed by atoms with Gasteiger partial charge in [-0.1, -0.05) is 35.3 Å². The summed E-state index contributed by atoms with van der Waals surface area (Å²) >= 11 is 12.5. The average molecular weight is 488 g/mol. The van der Waals surface area contributed by atoms with E-state index in [0.717, 1.165) is 0 Å². The molecule has 33 heavy (non-hydrogen) atoms. The third-order valence-corrected chi connectivity index (χ3v) is 5.04. The van der Waals surface area contributed by atoms with E-state index in [2.05, 4.69) is 4.99 Å². The van der Waals surface area contributed by atoms with Gasteiger partial charge in [-0.05, 0) is 42.5 Å². The first-order chi connectivity index (χ1) is 16.0. The van der Waals surface area contributed by atoms with Gasteiger partial charge in [-0.2, -0.15) is 0 Å². The van der Waals surface area contributed by atoms with Crippen molar-refractivity contribution in [2.45, 2.75) is 6.42 Å². The van der Waals surface area contributed by atoms with Crippen molar-refractivity contribution in [3.63, 3.8) is 0 Å². The summed E-state index contributed by atoms with van der Waals surface area (Å²) in [5.41, 5.74) is 0.568. The number of benzene rings is 2. The molecule has 7 nitrogen and oxygen atoms in total. The van der Waals surface area contributed by atoms with Crippen molar-refractivity contribution in [1.82, 2.24) is 0 Å². The Bertz CT molecular complexity index is 1200. The smallest absolute Gasteiger partial charge is 0.363 e. The highest BCUT2D eigenvalue weighted by Gasteiger charge is 2.26. The van der Waals surface area contributed by atoms with E-state index in [9.17, 15) is 4.79 Å². The van der Waals surface area contributed by atoms with Crippen LogP contribution in [-0.2, 0) is 9.53 Å². The Kier molecular flexibility index (Phi) is 7.22. The molecule has 0 atom stereocenters. The second-order valence-electron chi connectivity index (χ2n) is 6.82. The number of hydrogen-bond donors (Lipinski definition) is 0. The molecular formula is C24H19Cl2NO6. The molecule has 9 heteroatoms. The van der Waals surface area contributed by atoms with Gasteiger partial charge < -0.3 is 23.4 Å².